The quantitative estimate of drug-likeness (QED) is 0.505. The van der Waals surface area contributed by atoms with E-state index in [1.807, 2.05) is 0 Å². The van der Waals surface area contributed by atoms with Crippen LogP contribution in [0.2, 0.25) is 0 Å². The molecule has 12 heavy (non-hydrogen) atoms. The monoisotopic (exact) mass is 196 g/mol. The van der Waals surface area contributed by atoms with Crippen LogP contribution in [-0.4, -0.2) is 29.7 Å². The summed E-state index contributed by atoms with van der Waals surface area (Å²) in [6, 6.07) is 0. The van der Waals surface area contributed by atoms with Crippen molar-refractivity contribution in [2.75, 3.05) is 19.9 Å². The zero-order valence-corrected chi connectivity index (χ0v) is 9.18. The molecule has 0 aromatic heterocycles. The molecule has 0 aromatic carbocycles. The Morgan fingerprint density at radius 2 is 1.67 bits per heavy atom. The van der Waals surface area contributed by atoms with Crippen LogP contribution >= 0.6 is 7.28 Å². The molecule has 0 atom stereocenters. The van der Waals surface area contributed by atoms with E-state index < -0.39 is 7.28 Å². The van der Waals surface area contributed by atoms with Gasteiger partial charge in [-0.3, -0.25) is 0 Å². The van der Waals surface area contributed by atoms with Crippen LogP contribution in [0, 0.1) is 0 Å². The molecule has 4 heteroatoms. The fraction of sp³-hybridized carbons (Fsp3) is 1.00. The van der Waals surface area contributed by atoms with Gasteiger partial charge in [0.25, 0.3) is 0 Å². The minimum absolute atomic E-state index is 0.456. The van der Waals surface area contributed by atoms with Gasteiger partial charge in [-0.2, -0.15) is 0 Å². The van der Waals surface area contributed by atoms with E-state index in [0.29, 0.717) is 6.61 Å². The number of rotatable bonds is 6. The van der Waals surface area contributed by atoms with Crippen LogP contribution in [0.5, 0.6) is 0 Å². The maximum absolute atomic E-state index is 9.30. The second-order valence-electron chi connectivity index (χ2n) is 3.76. The van der Waals surface area contributed by atoms with Crippen molar-refractivity contribution in [1.29, 1.82) is 0 Å². The van der Waals surface area contributed by atoms with Gasteiger partial charge in [-0.25, -0.2) is 0 Å². The SMILES string of the molecule is CCCCCCOP(C)(C)(O)O. The molecule has 0 spiro atoms. The third kappa shape index (κ3) is 10.3. The average molecular weight is 196 g/mol. The molecule has 3 nitrogen and oxygen atoms in total. The summed E-state index contributed by atoms with van der Waals surface area (Å²) in [5.74, 6) is 0. The molecule has 0 fully saturated rings. The van der Waals surface area contributed by atoms with E-state index in [0.717, 1.165) is 12.8 Å². The van der Waals surface area contributed by atoms with Crippen molar-refractivity contribution >= 4 is 7.28 Å². The van der Waals surface area contributed by atoms with Crippen molar-refractivity contribution in [3.63, 3.8) is 0 Å². The van der Waals surface area contributed by atoms with Gasteiger partial charge in [-0.05, 0) is 0 Å². The van der Waals surface area contributed by atoms with Gasteiger partial charge in [0.15, 0.2) is 0 Å². The summed E-state index contributed by atoms with van der Waals surface area (Å²) < 4.78 is 5.01. The van der Waals surface area contributed by atoms with E-state index in [1.165, 1.54) is 26.2 Å². The van der Waals surface area contributed by atoms with Crippen molar-refractivity contribution < 1.29 is 14.3 Å². The van der Waals surface area contributed by atoms with Gasteiger partial charge in [0.1, 0.15) is 0 Å². The van der Waals surface area contributed by atoms with Gasteiger partial charge in [-0.15, -0.1) is 0 Å². The molecule has 0 aromatic rings. The second kappa shape index (κ2) is 4.52. The Balaban J connectivity index is 3.32. The minimum atomic E-state index is -3.67. The topological polar surface area (TPSA) is 49.7 Å². The Kier molecular flexibility index (Phi) is 4.64. The normalized spacial score (nSPS) is 15.6. The van der Waals surface area contributed by atoms with Gasteiger partial charge in [0, 0.05) is 0 Å². The molecule has 2 N–H and O–H groups in total. The molecule has 0 aliphatic carbocycles. The summed E-state index contributed by atoms with van der Waals surface area (Å²) in [4.78, 5) is 18.6. The zero-order valence-electron chi connectivity index (χ0n) is 8.29. The van der Waals surface area contributed by atoms with Crippen LogP contribution in [-0.2, 0) is 4.52 Å². The first-order valence-electron chi connectivity index (χ1n) is 4.47. The van der Waals surface area contributed by atoms with E-state index in [9.17, 15) is 9.79 Å². The van der Waals surface area contributed by atoms with Gasteiger partial charge >= 0.3 is 74.1 Å². The molecule has 0 aliphatic heterocycles. The van der Waals surface area contributed by atoms with Crippen LogP contribution < -0.4 is 0 Å². The van der Waals surface area contributed by atoms with E-state index in [-0.39, 0.29) is 0 Å². The Bertz CT molecular complexity index is 119. The summed E-state index contributed by atoms with van der Waals surface area (Å²) in [5, 5.41) is 0. The van der Waals surface area contributed by atoms with Crippen molar-refractivity contribution in [3.05, 3.63) is 0 Å². The number of hydrogen-bond acceptors (Lipinski definition) is 3. The molecule has 0 bridgehead atoms. The van der Waals surface area contributed by atoms with E-state index in [1.54, 1.807) is 0 Å². The van der Waals surface area contributed by atoms with Crippen LogP contribution in [0.4, 0.5) is 0 Å². The maximum atomic E-state index is 9.30. The van der Waals surface area contributed by atoms with E-state index >= 15 is 0 Å². The fourth-order valence-electron chi connectivity index (χ4n) is 0.858. The molecule has 0 heterocycles. The van der Waals surface area contributed by atoms with Crippen molar-refractivity contribution in [3.8, 4) is 0 Å². The first-order valence-corrected chi connectivity index (χ1v) is 7.43. The van der Waals surface area contributed by atoms with Crippen LogP contribution in [0.1, 0.15) is 32.6 Å². The summed E-state index contributed by atoms with van der Waals surface area (Å²) in [6.07, 6.45) is 4.38. The third-order valence-corrected chi connectivity index (χ3v) is 2.39. The molecule has 0 rings (SSSR count). The fourth-order valence-corrected chi connectivity index (χ4v) is 1.52. The molecule has 0 saturated heterocycles. The molecule has 0 unspecified atom stereocenters. The Morgan fingerprint density at radius 3 is 2.08 bits per heavy atom. The molecule has 0 amide bonds. The summed E-state index contributed by atoms with van der Waals surface area (Å²) in [6.45, 7) is 5.33. The van der Waals surface area contributed by atoms with E-state index in [2.05, 4.69) is 6.92 Å². The van der Waals surface area contributed by atoms with Crippen molar-refractivity contribution in [1.82, 2.24) is 0 Å². The summed E-state index contributed by atoms with van der Waals surface area (Å²) in [5.41, 5.74) is 0. The average Bonchev–Trinajstić information content (AvgIpc) is 1.83. The Labute approximate surface area is 74.9 Å². The molecule has 76 valence electrons. The van der Waals surface area contributed by atoms with Gasteiger partial charge in [0.2, 0.25) is 0 Å². The Hall–Kier alpha value is 0.310. The molecule has 0 saturated carbocycles. The van der Waals surface area contributed by atoms with E-state index in [4.69, 9.17) is 4.52 Å². The van der Waals surface area contributed by atoms with Gasteiger partial charge in [-0.1, -0.05) is 0 Å². The number of unbranched alkanes of at least 4 members (excludes halogenated alkanes) is 3. The first kappa shape index (κ1) is 12.3. The third-order valence-electron chi connectivity index (χ3n) is 1.46. The van der Waals surface area contributed by atoms with Gasteiger partial charge < -0.3 is 0 Å². The zero-order chi connectivity index (χ0) is 9.69. The number of hydrogen-bond donors (Lipinski definition) is 2. The molecular weight excluding hydrogens is 175 g/mol. The standard InChI is InChI=1S/C8H21O3P/c1-4-5-6-7-8-11-12(2,3,9)10/h9-10H,4-8H2,1-3H3. The molecule has 0 aliphatic rings. The summed E-state index contributed by atoms with van der Waals surface area (Å²) >= 11 is 0. The van der Waals surface area contributed by atoms with Gasteiger partial charge in [0.05, 0.1) is 0 Å². The first-order chi connectivity index (χ1) is 5.31. The van der Waals surface area contributed by atoms with Crippen molar-refractivity contribution in [2.45, 2.75) is 32.6 Å². The van der Waals surface area contributed by atoms with Crippen LogP contribution in [0.15, 0.2) is 0 Å². The molecular formula is C8H21O3P. The van der Waals surface area contributed by atoms with Crippen molar-refractivity contribution in [2.24, 2.45) is 0 Å². The predicted molar refractivity (Wildman–Crippen MR) is 53.3 cm³/mol. The van der Waals surface area contributed by atoms with Crippen LogP contribution in [0.3, 0.4) is 0 Å². The summed E-state index contributed by atoms with van der Waals surface area (Å²) in [7, 11) is -3.67. The second-order valence-corrected chi connectivity index (χ2v) is 7.75. The molecule has 0 radical (unpaired) electrons. The predicted octanol–water partition coefficient (Wildman–Crippen LogP) is 2.13. The Morgan fingerprint density at radius 1 is 1.08 bits per heavy atom. The van der Waals surface area contributed by atoms with Crippen LogP contribution in [0.25, 0.3) is 0 Å².